The zero-order chi connectivity index (χ0) is 9.54. The van der Waals surface area contributed by atoms with Gasteiger partial charge in [0.15, 0.2) is 4.77 Å². The largest absolute Gasteiger partial charge is 0.376 e. The van der Waals surface area contributed by atoms with Gasteiger partial charge in [-0.1, -0.05) is 0 Å². The molecule has 3 rings (SSSR count). The van der Waals surface area contributed by atoms with Crippen molar-refractivity contribution in [3.8, 4) is 0 Å². The van der Waals surface area contributed by atoms with Crippen molar-refractivity contribution in [2.75, 3.05) is 6.61 Å². The number of nitrogens with zero attached hydrogens (tertiary/aromatic N) is 2. The molecule has 2 heterocycles. The lowest BCUT2D eigenvalue weighted by Crippen LogP contribution is -2.21. The first-order valence-electron chi connectivity index (χ1n) is 5.09. The fraction of sp³-hybridized carbons (Fsp3) is 0.778. The van der Waals surface area contributed by atoms with E-state index in [2.05, 4.69) is 10.2 Å². The number of rotatable bonds is 2. The summed E-state index contributed by atoms with van der Waals surface area (Å²) in [6.45, 7) is 0.860. The van der Waals surface area contributed by atoms with Crippen LogP contribution in [0.15, 0.2) is 6.33 Å². The van der Waals surface area contributed by atoms with Crippen molar-refractivity contribution in [3.63, 3.8) is 0 Å². The van der Waals surface area contributed by atoms with E-state index in [0.717, 1.165) is 18.9 Å². The number of nitrogens with one attached hydrogen (secondary N) is 1. The summed E-state index contributed by atoms with van der Waals surface area (Å²) >= 11 is 5.17. The van der Waals surface area contributed by atoms with Crippen LogP contribution in [0.3, 0.4) is 0 Å². The molecule has 0 spiro atoms. The summed E-state index contributed by atoms with van der Waals surface area (Å²) in [7, 11) is 0. The Hall–Kier alpha value is -0.680. The molecule has 5 heteroatoms. The van der Waals surface area contributed by atoms with E-state index in [0.29, 0.717) is 16.9 Å². The van der Waals surface area contributed by atoms with Crippen molar-refractivity contribution < 1.29 is 4.74 Å². The quantitative estimate of drug-likeness (QED) is 0.757. The number of H-pyrrole nitrogens is 1. The van der Waals surface area contributed by atoms with Crippen LogP contribution in [0.25, 0.3) is 0 Å². The summed E-state index contributed by atoms with van der Waals surface area (Å²) in [5.41, 5.74) is 0. The highest BCUT2D eigenvalue weighted by atomic mass is 32.1. The van der Waals surface area contributed by atoms with Gasteiger partial charge in [0.1, 0.15) is 6.33 Å². The molecule has 2 aliphatic rings. The lowest BCUT2D eigenvalue weighted by atomic mass is 10.1. The van der Waals surface area contributed by atoms with Gasteiger partial charge >= 0.3 is 0 Å². The van der Waals surface area contributed by atoms with Gasteiger partial charge in [0, 0.05) is 6.61 Å². The van der Waals surface area contributed by atoms with E-state index < -0.39 is 0 Å². The monoisotopic (exact) mass is 211 g/mol. The predicted molar refractivity (Wildman–Crippen MR) is 53.5 cm³/mol. The second kappa shape index (κ2) is 3.17. The van der Waals surface area contributed by atoms with Crippen LogP contribution in [-0.4, -0.2) is 27.5 Å². The van der Waals surface area contributed by atoms with Gasteiger partial charge in [-0.25, -0.2) is 0 Å². The van der Waals surface area contributed by atoms with Crippen molar-refractivity contribution in [1.29, 1.82) is 0 Å². The van der Waals surface area contributed by atoms with Crippen LogP contribution in [0.4, 0.5) is 0 Å². The highest BCUT2D eigenvalue weighted by Gasteiger charge is 2.41. The molecule has 1 aromatic heterocycles. The van der Waals surface area contributed by atoms with Crippen LogP contribution in [0.1, 0.15) is 25.3 Å². The van der Waals surface area contributed by atoms with Crippen molar-refractivity contribution in [2.24, 2.45) is 5.92 Å². The minimum atomic E-state index is 0.374. The topological polar surface area (TPSA) is 42.8 Å². The maximum absolute atomic E-state index is 5.76. The minimum Gasteiger partial charge on any atom is -0.376 e. The smallest absolute Gasteiger partial charge is 0.195 e. The molecule has 4 nitrogen and oxygen atoms in total. The molecule has 1 aliphatic heterocycles. The van der Waals surface area contributed by atoms with E-state index in [1.54, 1.807) is 6.33 Å². The van der Waals surface area contributed by atoms with Gasteiger partial charge in [-0.2, -0.15) is 5.10 Å². The van der Waals surface area contributed by atoms with Crippen molar-refractivity contribution in [3.05, 3.63) is 11.1 Å². The first-order valence-corrected chi connectivity index (χ1v) is 5.50. The third-order valence-electron chi connectivity index (χ3n) is 3.12. The molecular weight excluding hydrogens is 198 g/mol. The first kappa shape index (κ1) is 8.61. The van der Waals surface area contributed by atoms with Gasteiger partial charge in [0.25, 0.3) is 0 Å². The second-order valence-corrected chi connectivity index (χ2v) is 4.48. The van der Waals surface area contributed by atoms with E-state index in [4.69, 9.17) is 17.0 Å². The third kappa shape index (κ3) is 1.31. The zero-order valence-corrected chi connectivity index (χ0v) is 8.67. The van der Waals surface area contributed by atoms with Gasteiger partial charge in [-0.15, -0.1) is 0 Å². The Morgan fingerprint density at radius 2 is 2.36 bits per heavy atom. The number of aromatic amines is 1. The molecule has 0 aromatic carbocycles. The maximum Gasteiger partial charge on any atom is 0.195 e. The molecule has 0 radical (unpaired) electrons. The van der Waals surface area contributed by atoms with E-state index >= 15 is 0 Å². The number of ether oxygens (including phenoxy) is 1. The summed E-state index contributed by atoms with van der Waals surface area (Å²) in [6.07, 6.45) is 5.85. The lowest BCUT2D eigenvalue weighted by Gasteiger charge is -2.18. The number of aromatic nitrogens is 3. The number of hydrogen-bond acceptors (Lipinski definition) is 3. The highest BCUT2D eigenvalue weighted by Crippen LogP contribution is 2.43. The molecule has 1 saturated heterocycles. The minimum absolute atomic E-state index is 0.374. The average Bonchev–Trinajstić information content (AvgIpc) is 2.75. The fourth-order valence-corrected chi connectivity index (χ4v) is 2.50. The first-order chi connectivity index (χ1) is 6.86. The standard InChI is InChI=1S/C9H13N3OS/c14-9-11-10-5-12(9)7-3-4-13-8(7)6-1-2-6/h5-8H,1-4H2,(H,11,14). The van der Waals surface area contributed by atoms with Crippen LogP contribution in [0, 0.1) is 10.7 Å². The summed E-state index contributed by atoms with van der Waals surface area (Å²) in [4.78, 5) is 0. The average molecular weight is 211 g/mol. The molecule has 14 heavy (non-hydrogen) atoms. The maximum atomic E-state index is 5.76. The normalized spacial score (nSPS) is 32.3. The molecule has 0 amide bonds. The summed E-state index contributed by atoms with van der Waals surface area (Å²) in [6, 6.07) is 0.411. The van der Waals surface area contributed by atoms with Gasteiger partial charge in [-0.3, -0.25) is 5.10 Å². The van der Waals surface area contributed by atoms with E-state index in [9.17, 15) is 0 Å². The van der Waals surface area contributed by atoms with Crippen molar-refractivity contribution in [2.45, 2.75) is 31.4 Å². The zero-order valence-electron chi connectivity index (χ0n) is 7.85. The fourth-order valence-electron chi connectivity index (χ4n) is 2.27. The Morgan fingerprint density at radius 3 is 3.00 bits per heavy atom. The molecule has 1 aromatic rings. The van der Waals surface area contributed by atoms with Crippen LogP contribution in [-0.2, 0) is 4.74 Å². The Kier molecular flexibility index (Phi) is 1.95. The van der Waals surface area contributed by atoms with Gasteiger partial charge in [0.2, 0.25) is 0 Å². The van der Waals surface area contributed by atoms with Gasteiger partial charge in [0.05, 0.1) is 12.1 Å². The third-order valence-corrected chi connectivity index (χ3v) is 3.43. The molecule has 76 valence electrons. The summed E-state index contributed by atoms with van der Waals surface area (Å²) in [5, 5.41) is 6.76. The Bertz CT molecular complexity index is 381. The van der Waals surface area contributed by atoms with E-state index in [1.165, 1.54) is 12.8 Å². The van der Waals surface area contributed by atoms with Gasteiger partial charge < -0.3 is 9.30 Å². The molecule has 1 saturated carbocycles. The molecule has 2 atom stereocenters. The molecular formula is C9H13N3OS. The molecule has 0 bridgehead atoms. The predicted octanol–water partition coefficient (Wildman–Crippen LogP) is 1.68. The van der Waals surface area contributed by atoms with Crippen molar-refractivity contribution >= 4 is 12.2 Å². The SMILES string of the molecule is S=c1[nH]ncn1C1CCOC1C1CC1. The molecule has 2 unspecified atom stereocenters. The van der Waals surface area contributed by atoms with Crippen LogP contribution >= 0.6 is 12.2 Å². The highest BCUT2D eigenvalue weighted by molar-refractivity contribution is 7.71. The van der Waals surface area contributed by atoms with Crippen LogP contribution in [0.2, 0.25) is 0 Å². The second-order valence-electron chi connectivity index (χ2n) is 4.10. The van der Waals surface area contributed by atoms with Crippen molar-refractivity contribution in [1.82, 2.24) is 14.8 Å². The summed E-state index contributed by atoms with van der Waals surface area (Å²) in [5.74, 6) is 0.763. The van der Waals surface area contributed by atoms with E-state index in [1.807, 2.05) is 4.57 Å². The van der Waals surface area contributed by atoms with Crippen LogP contribution < -0.4 is 0 Å². The Morgan fingerprint density at radius 1 is 1.50 bits per heavy atom. The molecule has 1 aliphatic carbocycles. The van der Waals surface area contributed by atoms with Gasteiger partial charge in [-0.05, 0) is 37.4 Å². The number of hydrogen-bond donors (Lipinski definition) is 1. The summed E-state index contributed by atoms with van der Waals surface area (Å²) < 4.78 is 8.52. The Labute approximate surface area is 87.3 Å². The van der Waals surface area contributed by atoms with Crippen LogP contribution in [0.5, 0.6) is 0 Å². The molecule has 2 fully saturated rings. The van der Waals surface area contributed by atoms with E-state index in [-0.39, 0.29) is 0 Å². The lowest BCUT2D eigenvalue weighted by molar-refractivity contribution is 0.0747. The molecule has 1 N–H and O–H groups in total. The Balaban J connectivity index is 1.90.